The second-order valence-corrected chi connectivity index (χ2v) is 7.50. The Morgan fingerprint density at radius 3 is 2.44 bits per heavy atom. The van der Waals surface area contributed by atoms with Crippen LogP contribution in [0.25, 0.3) is 11.0 Å². The quantitative estimate of drug-likeness (QED) is 0.404. The molecule has 2 N–H and O–H groups in total. The fraction of sp³-hybridized carbons (Fsp3) is 0.619. The van der Waals surface area contributed by atoms with Crippen LogP contribution in [0, 0.1) is 6.92 Å². The minimum absolute atomic E-state index is 0.551. The largest absolute Gasteiger partial charge is 0.356 e. The summed E-state index contributed by atoms with van der Waals surface area (Å²) in [7, 11) is 1.82. The smallest absolute Gasteiger partial charge is 0.191 e. The lowest BCUT2D eigenvalue weighted by Crippen LogP contribution is -2.45. The summed E-state index contributed by atoms with van der Waals surface area (Å²) >= 11 is 0. The van der Waals surface area contributed by atoms with Crippen molar-refractivity contribution in [1.29, 1.82) is 0 Å². The van der Waals surface area contributed by atoms with E-state index < -0.39 is 0 Å². The zero-order chi connectivity index (χ0) is 19.8. The van der Waals surface area contributed by atoms with Gasteiger partial charge in [-0.15, -0.1) is 0 Å². The molecule has 150 valence electrons. The number of aryl methyl sites for hydroxylation is 2. The summed E-state index contributed by atoms with van der Waals surface area (Å²) in [4.78, 5) is 11.4. The van der Waals surface area contributed by atoms with Crippen LogP contribution in [0.4, 0.5) is 0 Å². The topological polar surface area (TPSA) is 57.5 Å². The van der Waals surface area contributed by atoms with Gasteiger partial charge in [-0.1, -0.05) is 12.1 Å². The minimum atomic E-state index is 0.551. The van der Waals surface area contributed by atoms with E-state index in [1.54, 1.807) is 0 Å². The summed E-state index contributed by atoms with van der Waals surface area (Å²) in [5.74, 6) is 1.94. The Bertz CT molecular complexity index is 723. The van der Waals surface area contributed by atoms with Crippen molar-refractivity contribution in [1.82, 2.24) is 25.1 Å². The van der Waals surface area contributed by atoms with Crippen LogP contribution in [0.3, 0.4) is 0 Å². The van der Waals surface area contributed by atoms with Crippen LogP contribution in [0.2, 0.25) is 0 Å². The standard InChI is InChI=1S/C21H36N6/c1-16(2)26(17(3)4)15-13-24-21(22-6)23-12-9-14-27-18(5)25-19-10-7-8-11-20(19)27/h7-8,10-11,16-17H,9,12-15H2,1-6H3,(H2,22,23,24). The van der Waals surface area contributed by atoms with Crippen LogP contribution in [0.5, 0.6) is 0 Å². The zero-order valence-electron chi connectivity index (χ0n) is 17.8. The number of nitrogens with zero attached hydrogens (tertiary/aromatic N) is 4. The van der Waals surface area contributed by atoms with Crippen LogP contribution in [-0.2, 0) is 6.54 Å². The zero-order valence-corrected chi connectivity index (χ0v) is 17.8. The van der Waals surface area contributed by atoms with E-state index in [0.29, 0.717) is 12.1 Å². The number of aliphatic imine (C=N–C) groups is 1. The molecule has 0 bridgehead atoms. The van der Waals surface area contributed by atoms with Gasteiger partial charge in [0.05, 0.1) is 11.0 Å². The summed E-state index contributed by atoms with van der Waals surface area (Å²) in [6, 6.07) is 9.42. The van der Waals surface area contributed by atoms with Gasteiger partial charge in [-0.25, -0.2) is 4.98 Å². The lowest BCUT2D eigenvalue weighted by Gasteiger charge is -2.30. The van der Waals surface area contributed by atoms with E-state index in [0.717, 1.165) is 49.9 Å². The Labute approximate surface area is 164 Å². The lowest BCUT2D eigenvalue weighted by atomic mass is 10.2. The molecular weight excluding hydrogens is 336 g/mol. The van der Waals surface area contributed by atoms with Crippen molar-refractivity contribution >= 4 is 17.0 Å². The van der Waals surface area contributed by atoms with Gasteiger partial charge in [0.15, 0.2) is 5.96 Å². The van der Waals surface area contributed by atoms with Crippen LogP contribution in [0.1, 0.15) is 39.9 Å². The fourth-order valence-corrected chi connectivity index (χ4v) is 3.56. The molecule has 1 heterocycles. The summed E-state index contributed by atoms with van der Waals surface area (Å²) in [5.41, 5.74) is 2.28. The van der Waals surface area contributed by atoms with Crippen molar-refractivity contribution in [2.45, 2.75) is 59.7 Å². The molecule has 0 amide bonds. The van der Waals surface area contributed by atoms with Crippen molar-refractivity contribution in [3.8, 4) is 0 Å². The normalized spacial score (nSPS) is 12.6. The number of aromatic nitrogens is 2. The third-order valence-electron chi connectivity index (χ3n) is 4.91. The predicted molar refractivity (Wildman–Crippen MR) is 115 cm³/mol. The van der Waals surface area contributed by atoms with Crippen molar-refractivity contribution in [2.75, 3.05) is 26.7 Å². The van der Waals surface area contributed by atoms with Crippen LogP contribution in [-0.4, -0.2) is 59.2 Å². The molecule has 27 heavy (non-hydrogen) atoms. The number of nitrogens with one attached hydrogen (secondary N) is 2. The van der Waals surface area contributed by atoms with Crippen molar-refractivity contribution in [3.05, 3.63) is 30.1 Å². The first-order valence-electron chi connectivity index (χ1n) is 10.1. The molecule has 0 aliphatic heterocycles. The van der Waals surface area contributed by atoms with Gasteiger partial charge in [0.1, 0.15) is 5.82 Å². The van der Waals surface area contributed by atoms with E-state index in [9.17, 15) is 0 Å². The summed E-state index contributed by atoms with van der Waals surface area (Å²) in [5, 5.41) is 6.84. The molecule has 0 unspecified atom stereocenters. The summed E-state index contributed by atoms with van der Waals surface area (Å²) in [6.45, 7) is 14.8. The van der Waals surface area contributed by atoms with Crippen molar-refractivity contribution < 1.29 is 0 Å². The molecule has 2 rings (SSSR count). The Morgan fingerprint density at radius 1 is 1.11 bits per heavy atom. The number of rotatable bonds is 9. The van der Waals surface area contributed by atoms with E-state index in [2.05, 4.69) is 82.9 Å². The first-order chi connectivity index (χ1) is 12.9. The Hall–Kier alpha value is -2.08. The van der Waals surface area contributed by atoms with Gasteiger partial charge in [0, 0.05) is 45.3 Å². The molecule has 2 aromatic rings. The highest BCUT2D eigenvalue weighted by atomic mass is 15.2. The van der Waals surface area contributed by atoms with E-state index in [1.165, 1.54) is 5.52 Å². The molecule has 6 nitrogen and oxygen atoms in total. The predicted octanol–water partition coefficient (Wildman–Crippen LogP) is 3.02. The molecule has 0 aliphatic rings. The monoisotopic (exact) mass is 372 g/mol. The molecule has 0 radical (unpaired) electrons. The van der Waals surface area contributed by atoms with Gasteiger partial charge in [-0.05, 0) is 53.2 Å². The Morgan fingerprint density at radius 2 is 1.78 bits per heavy atom. The molecular formula is C21H36N6. The highest BCUT2D eigenvalue weighted by Crippen LogP contribution is 2.15. The van der Waals surface area contributed by atoms with Gasteiger partial charge >= 0.3 is 0 Å². The van der Waals surface area contributed by atoms with E-state index in [-0.39, 0.29) is 0 Å². The number of imidazole rings is 1. The number of fused-ring (bicyclic) bond motifs is 1. The highest BCUT2D eigenvalue weighted by Gasteiger charge is 2.12. The Balaban J connectivity index is 1.75. The maximum Gasteiger partial charge on any atom is 0.191 e. The maximum absolute atomic E-state index is 4.63. The van der Waals surface area contributed by atoms with Gasteiger partial charge in [-0.3, -0.25) is 9.89 Å². The number of guanidine groups is 1. The third kappa shape index (κ3) is 5.96. The van der Waals surface area contributed by atoms with Crippen molar-refractivity contribution in [2.24, 2.45) is 4.99 Å². The molecule has 0 saturated heterocycles. The number of hydrogen-bond donors (Lipinski definition) is 2. The number of para-hydroxylation sites is 2. The molecule has 6 heteroatoms. The SMILES string of the molecule is CN=C(NCCCn1c(C)nc2ccccc21)NCCN(C(C)C)C(C)C. The molecule has 0 aliphatic carbocycles. The van der Waals surface area contributed by atoms with Gasteiger partial charge < -0.3 is 15.2 Å². The second kappa shape index (κ2) is 10.3. The van der Waals surface area contributed by atoms with E-state index in [4.69, 9.17) is 0 Å². The first kappa shape index (κ1) is 21.2. The van der Waals surface area contributed by atoms with E-state index >= 15 is 0 Å². The van der Waals surface area contributed by atoms with Crippen molar-refractivity contribution in [3.63, 3.8) is 0 Å². The number of benzene rings is 1. The maximum atomic E-state index is 4.63. The molecule has 1 aromatic heterocycles. The average Bonchev–Trinajstić information content (AvgIpc) is 2.95. The Kier molecular flexibility index (Phi) is 8.10. The van der Waals surface area contributed by atoms with Gasteiger partial charge in [0.2, 0.25) is 0 Å². The average molecular weight is 373 g/mol. The highest BCUT2D eigenvalue weighted by molar-refractivity contribution is 5.79. The van der Waals surface area contributed by atoms with Crippen LogP contribution < -0.4 is 10.6 Å². The fourth-order valence-electron chi connectivity index (χ4n) is 3.56. The first-order valence-corrected chi connectivity index (χ1v) is 10.1. The molecule has 0 fully saturated rings. The minimum Gasteiger partial charge on any atom is -0.356 e. The third-order valence-corrected chi connectivity index (χ3v) is 4.91. The molecule has 0 saturated carbocycles. The summed E-state index contributed by atoms with van der Waals surface area (Å²) < 4.78 is 2.29. The molecule has 1 aromatic carbocycles. The van der Waals surface area contributed by atoms with E-state index in [1.807, 2.05) is 13.1 Å². The van der Waals surface area contributed by atoms with Crippen LogP contribution in [0.15, 0.2) is 29.3 Å². The van der Waals surface area contributed by atoms with Gasteiger partial charge in [0.25, 0.3) is 0 Å². The number of hydrogen-bond acceptors (Lipinski definition) is 3. The second-order valence-electron chi connectivity index (χ2n) is 7.50. The van der Waals surface area contributed by atoms with Gasteiger partial charge in [-0.2, -0.15) is 0 Å². The molecule has 0 spiro atoms. The summed E-state index contributed by atoms with van der Waals surface area (Å²) in [6.07, 6.45) is 1.02. The molecule has 0 atom stereocenters. The lowest BCUT2D eigenvalue weighted by molar-refractivity contribution is 0.178. The van der Waals surface area contributed by atoms with Crippen LogP contribution >= 0.6 is 0 Å².